The van der Waals surface area contributed by atoms with Crippen LogP contribution in [0.4, 0.5) is 10.9 Å². The molecule has 1 aromatic carbocycles. The smallest absolute Gasteiger partial charge is 0.184 e. The molecule has 4 rings (SSSR count). The summed E-state index contributed by atoms with van der Waals surface area (Å²) >= 11 is 7.57. The first-order valence-electron chi connectivity index (χ1n) is 9.16. The Morgan fingerprint density at radius 2 is 2.04 bits per heavy atom. The van der Waals surface area contributed by atoms with Gasteiger partial charge in [0, 0.05) is 12.6 Å². The zero-order valence-corrected chi connectivity index (χ0v) is 16.7. The molecule has 0 atom stereocenters. The summed E-state index contributed by atoms with van der Waals surface area (Å²) in [5.74, 6) is 1.43. The number of halogens is 1. The maximum Gasteiger partial charge on any atom is 0.184 e. The molecule has 3 aromatic rings. The zero-order valence-electron chi connectivity index (χ0n) is 15.2. The quantitative estimate of drug-likeness (QED) is 0.596. The van der Waals surface area contributed by atoms with Crippen LogP contribution in [0.5, 0.6) is 5.75 Å². The fourth-order valence-electron chi connectivity index (χ4n) is 3.41. The minimum atomic E-state index is 0.369. The number of nitrogens with one attached hydrogen (secondary N) is 2. The van der Waals surface area contributed by atoms with Crippen LogP contribution in [0, 0.1) is 0 Å². The highest BCUT2D eigenvalue weighted by Crippen LogP contribution is 2.35. The molecule has 0 spiro atoms. The van der Waals surface area contributed by atoms with E-state index in [1.807, 2.05) is 6.07 Å². The van der Waals surface area contributed by atoms with E-state index in [9.17, 15) is 0 Å². The first kappa shape index (κ1) is 18.3. The number of fused-ring (bicyclic) bond motifs is 1. The third kappa shape index (κ3) is 4.42. The second-order valence-corrected chi connectivity index (χ2v) is 8.14. The largest absolute Gasteiger partial charge is 0.494 e. The Balaban J connectivity index is 1.53. The van der Waals surface area contributed by atoms with Gasteiger partial charge in [-0.25, -0.2) is 9.97 Å². The number of benzene rings is 1. The van der Waals surface area contributed by atoms with Gasteiger partial charge in [0.15, 0.2) is 5.13 Å². The Kier molecular flexibility index (Phi) is 5.59. The van der Waals surface area contributed by atoms with Crippen LogP contribution in [0.2, 0.25) is 5.15 Å². The Labute approximate surface area is 167 Å². The van der Waals surface area contributed by atoms with Crippen LogP contribution in [-0.4, -0.2) is 28.1 Å². The van der Waals surface area contributed by atoms with E-state index in [1.165, 1.54) is 38.3 Å². The van der Waals surface area contributed by atoms with E-state index in [2.05, 4.69) is 26.7 Å². The summed E-state index contributed by atoms with van der Waals surface area (Å²) in [4.78, 5) is 13.0. The van der Waals surface area contributed by atoms with Crippen molar-refractivity contribution in [2.75, 3.05) is 17.7 Å². The maximum atomic E-state index is 5.89. The average Bonchev–Trinajstić information content (AvgIpc) is 3.09. The molecule has 1 saturated carbocycles. The molecular formula is C19H22ClN5OS. The lowest BCUT2D eigenvalue weighted by Gasteiger charge is -2.22. The second kappa shape index (κ2) is 8.27. The van der Waals surface area contributed by atoms with Crippen molar-refractivity contribution in [1.82, 2.24) is 15.0 Å². The molecular weight excluding hydrogens is 382 g/mol. The lowest BCUT2D eigenvalue weighted by molar-refractivity contribution is 0.418. The highest BCUT2D eigenvalue weighted by atomic mass is 35.5. The van der Waals surface area contributed by atoms with Crippen LogP contribution in [0.3, 0.4) is 0 Å². The molecule has 1 aliphatic rings. The molecule has 0 unspecified atom stereocenters. The van der Waals surface area contributed by atoms with Crippen molar-refractivity contribution in [2.24, 2.45) is 0 Å². The molecule has 2 N–H and O–H groups in total. The highest BCUT2D eigenvalue weighted by molar-refractivity contribution is 7.22. The lowest BCUT2D eigenvalue weighted by Crippen LogP contribution is -2.21. The number of aromatic nitrogens is 3. The molecule has 0 radical (unpaired) electrons. The molecule has 0 saturated heterocycles. The molecule has 0 bridgehead atoms. The van der Waals surface area contributed by atoms with Crippen molar-refractivity contribution >= 4 is 44.1 Å². The third-order valence-corrected chi connectivity index (χ3v) is 5.87. The van der Waals surface area contributed by atoms with Gasteiger partial charge in [0.05, 0.1) is 24.2 Å². The van der Waals surface area contributed by atoms with Crippen LogP contribution >= 0.6 is 22.9 Å². The topological polar surface area (TPSA) is 72.0 Å². The summed E-state index contributed by atoms with van der Waals surface area (Å²) in [6, 6.07) is 4.69. The van der Waals surface area contributed by atoms with Crippen molar-refractivity contribution in [3.05, 3.63) is 35.2 Å². The molecule has 1 aliphatic carbocycles. The van der Waals surface area contributed by atoms with Crippen molar-refractivity contribution in [3.8, 4) is 5.75 Å². The van der Waals surface area contributed by atoms with Gasteiger partial charge in [-0.05, 0) is 30.5 Å². The van der Waals surface area contributed by atoms with E-state index >= 15 is 0 Å². The molecule has 1 fully saturated rings. The summed E-state index contributed by atoms with van der Waals surface area (Å²) < 4.78 is 6.69. The minimum absolute atomic E-state index is 0.369. The van der Waals surface area contributed by atoms with Gasteiger partial charge in [0.25, 0.3) is 0 Å². The van der Waals surface area contributed by atoms with E-state index in [0.29, 0.717) is 23.6 Å². The van der Waals surface area contributed by atoms with E-state index < -0.39 is 0 Å². The van der Waals surface area contributed by atoms with Crippen LogP contribution in [0.15, 0.2) is 24.5 Å². The highest BCUT2D eigenvalue weighted by Gasteiger charge is 2.16. The van der Waals surface area contributed by atoms with E-state index in [1.54, 1.807) is 24.6 Å². The molecule has 0 aliphatic heterocycles. The van der Waals surface area contributed by atoms with Gasteiger partial charge in [-0.15, -0.1) is 0 Å². The van der Waals surface area contributed by atoms with Gasteiger partial charge in [0.1, 0.15) is 22.2 Å². The molecule has 142 valence electrons. The van der Waals surface area contributed by atoms with Crippen LogP contribution < -0.4 is 15.4 Å². The normalized spacial score (nSPS) is 15.0. The number of nitrogens with zero attached hydrogens (tertiary/aromatic N) is 3. The van der Waals surface area contributed by atoms with Gasteiger partial charge in [0.2, 0.25) is 0 Å². The predicted molar refractivity (Wildman–Crippen MR) is 111 cm³/mol. The van der Waals surface area contributed by atoms with Crippen molar-refractivity contribution < 1.29 is 4.74 Å². The van der Waals surface area contributed by atoms with Gasteiger partial charge in [-0.1, -0.05) is 42.2 Å². The van der Waals surface area contributed by atoms with Crippen LogP contribution in [0.25, 0.3) is 10.2 Å². The summed E-state index contributed by atoms with van der Waals surface area (Å²) in [7, 11) is 1.68. The number of thiazole rings is 1. The Bertz CT molecular complexity index is 926. The van der Waals surface area contributed by atoms with Crippen LogP contribution in [-0.2, 0) is 6.54 Å². The lowest BCUT2D eigenvalue weighted by atomic mass is 9.96. The molecule has 2 heterocycles. The van der Waals surface area contributed by atoms with Gasteiger partial charge < -0.3 is 15.4 Å². The van der Waals surface area contributed by atoms with Crippen molar-refractivity contribution in [1.29, 1.82) is 0 Å². The monoisotopic (exact) mass is 403 g/mol. The van der Waals surface area contributed by atoms with E-state index in [4.69, 9.17) is 21.3 Å². The fourth-order valence-corrected chi connectivity index (χ4v) is 4.59. The minimum Gasteiger partial charge on any atom is -0.494 e. The molecule has 8 heteroatoms. The number of methoxy groups -OCH3 is 1. The van der Waals surface area contributed by atoms with Crippen molar-refractivity contribution in [2.45, 2.75) is 44.7 Å². The average molecular weight is 404 g/mol. The number of anilines is 2. The Hall–Kier alpha value is -2.12. The first-order valence-corrected chi connectivity index (χ1v) is 10.4. The predicted octanol–water partition coefficient (Wildman–Crippen LogP) is 5.11. The summed E-state index contributed by atoms with van der Waals surface area (Å²) in [5.41, 5.74) is 2.00. The van der Waals surface area contributed by atoms with Gasteiger partial charge in [-0.3, -0.25) is 4.98 Å². The Morgan fingerprint density at radius 1 is 1.19 bits per heavy atom. The van der Waals surface area contributed by atoms with Gasteiger partial charge in [-0.2, -0.15) is 0 Å². The number of hydrogen-bond donors (Lipinski definition) is 2. The zero-order chi connectivity index (χ0) is 18.6. The fraction of sp³-hybridized carbons (Fsp3) is 0.421. The maximum absolute atomic E-state index is 5.89. The summed E-state index contributed by atoms with van der Waals surface area (Å²) in [6.07, 6.45) is 9.56. The molecule has 27 heavy (non-hydrogen) atoms. The molecule has 6 nitrogen and oxygen atoms in total. The standard InChI is InChI=1S/C19H22ClN5OS/c1-26-14-7-12(9-22-17-11-21-10-16(20)24-17)8-15-18(14)25-19(27-15)23-13-5-3-2-4-6-13/h7-8,10-11,13H,2-6,9H2,1H3,(H,22,24)(H,23,25). The number of hydrogen-bond acceptors (Lipinski definition) is 7. The van der Waals surface area contributed by atoms with Gasteiger partial charge >= 0.3 is 0 Å². The second-order valence-electron chi connectivity index (χ2n) is 6.72. The molecule has 0 amide bonds. The van der Waals surface area contributed by atoms with E-state index in [0.717, 1.165) is 26.7 Å². The van der Waals surface area contributed by atoms with Crippen molar-refractivity contribution in [3.63, 3.8) is 0 Å². The third-order valence-electron chi connectivity index (χ3n) is 4.75. The number of ether oxygens (including phenoxy) is 1. The number of rotatable bonds is 6. The first-order chi connectivity index (χ1) is 13.2. The molecule has 2 aromatic heterocycles. The van der Waals surface area contributed by atoms with E-state index in [-0.39, 0.29) is 0 Å². The SMILES string of the molecule is COc1cc(CNc2cncc(Cl)n2)cc2sc(NC3CCCCC3)nc12. The summed E-state index contributed by atoms with van der Waals surface area (Å²) in [6.45, 7) is 0.602. The Morgan fingerprint density at radius 3 is 2.81 bits per heavy atom. The summed E-state index contributed by atoms with van der Waals surface area (Å²) in [5, 5.41) is 8.20. The van der Waals surface area contributed by atoms with Crippen LogP contribution in [0.1, 0.15) is 37.7 Å².